The van der Waals surface area contributed by atoms with Crippen LogP contribution in [0.4, 0.5) is 0 Å². The normalized spacial score (nSPS) is 12.6. The van der Waals surface area contributed by atoms with Crippen LogP contribution in [0.5, 0.6) is 5.75 Å². The maximum absolute atomic E-state index is 9.56. The Morgan fingerprint density at radius 2 is 2.38 bits per heavy atom. The van der Waals surface area contributed by atoms with Crippen molar-refractivity contribution in [2.75, 3.05) is 13.7 Å². The molecule has 1 rings (SSSR count). The summed E-state index contributed by atoms with van der Waals surface area (Å²) in [7, 11) is 1.52. The molecule has 1 aromatic rings. The number of aliphatic hydroxyl groups is 1. The summed E-state index contributed by atoms with van der Waals surface area (Å²) in [4.78, 5) is 3.91. The number of aromatic nitrogens is 1. The van der Waals surface area contributed by atoms with Crippen LogP contribution in [0.3, 0.4) is 0 Å². The van der Waals surface area contributed by atoms with Gasteiger partial charge in [-0.2, -0.15) is 0 Å². The third-order valence-electron chi connectivity index (χ3n) is 1.68. The molecule has 5 heteroatoms. The van der Waals surface area contributed by atoms with E-state index in [2.05, 4.69) is 20.9 Å². The lowest BCUT2D eigenvalue weighted by atomic mass is 10.1. The van der Waals surface area contributed by atoms with Crippen molar-refractivity contribution >= 4 is 15.9 Å². The van der Waals surface area contributed by atoms with Crippen LogP contribution < -0.4 is 10.5 Å². The number of hydrogen-bond donors (Lipinski definition) is 2. The molecule has 0 aliphatic rings. The molecule has 1 atom stereocenters. The van der Waals surface area contributed by atoms with Crippen molar-refractivity contribution < 1.29 is 9.84 Å². The summed E-state index contributed by atoms with van der Waals surface area (Å²) >= 11 is 3.27. The van der Waals surface area contributed by atoms with E-state index < -0.39 is 6.10 Å². The molecule has 0 bridgehead atoms. The van der Waals surface area contributed by atoms with Gasteiger partial charge < -0.3 is 15.6 Å². The van der Waals surface area contributed by atoms with Crippen LogP contribution in [-0.4, -0.2) is 23.7 Å². The molecule has 1 aromatic heterocycles. The van der Waals surface area contributed by atoms with Crippen molar-refractivity contribution in [3.05, 3.63) is 22.4 Å². The van der Waals surface area contributed by atoms with Gasteiger partial charge in [-0.3, -0.25) is 4.98 Å². The third-order valence-corrected chi connectivity index (χ3v) is 2.31. The molecule has 0 fully saturated rings. The zero-order chi connectivity index (χ0) is 9.84. The van der Waals surface area contributed by atoms with Gasteiger partial charge in [-0.05, 0) is 15.9 Å². The van der Waals surface area contributed by atoms with E-state index >= 15 is 0 Å². The Bertz CT molecular complexity index is 293. The van der Waals surface area contributed by atoms with E-state index in [9.17, 15) is 5.11 Å². The van der Waals surface area contributed by atoms with Crippen LogP contribution in [0.15, 0.2) is 16.9 Å². The minimum atomic E-state index is -0.729. The molecule has 0 aromatic carbocycles. The summed E-state index contributed by atoms with van der Waals surface area (Å²) in [6, 6.07) is 0. The van der Waals surface area contributed by atoms with E-state index in [1.54, 1.807) is 12.4 Å². The molecule has 0 unspecified atom stereocenters. The second kappa shape index (κ2) is 4.55. The van der Waals surface area contributed by atoms with E-state index in [1.165, 1.54) is 7.11 Å². The Morgan fingerprint density at radius 1 is 1.69 bits per heavy atom. The van der Waals surface area contributed by atoms with Gasteiger partial charge in [0.25, 0.3) is 0 Å². The van der Waals surface area contributed by atoms with Gasteiger partial charge in [0.05, 0.1) is 19.4 Å². The highest BCUT2D eigenvalue weighted by Gasteiger charge is 2.15. The molecule has 0 aliphatic heterocycles. The van der Waals surface area contributed by atoms with Crippen molar-refractivity contribution in [3.8, 4) is 5.75 Å². The first-order valence-corrected chi connectivity index (χ1v) is 4.55. The number of nitrogens with zero attached hydrogens (tertiary/aromatic N) is 1. The van der Waals surface area contributed by atoms with Gasteiger partial charge in [0.2, 0.25) is 0 Å². The minimum Gasteiger partial charge on any atom is -0.495 e. The van der Waals surface area contributed by atoms with Gasteiger partial charge in [-0.1, -0.05) is 0 Å². The van der Waals surface area contributed by atoms with E-state index in [0.29, 0.717) is 15.8 Å². The summed E-state index contributed by atoms with van der Waals surface area (Å²) in [5.74, 6) is 0.535. The van der Waals surface area contributed by atoms with E-state index in [1.807, 2.05) is 0 Å². The number of methoxy groups -OCH3 is 1. The SMILES string of the molecule is COc1cncc(Br)c1[C@H](O)CN. The Balaban J connectivity index is 3.14. The maximum Gasteiger partial charge on any atom is 0.144 e. The van der Waals surface area contributed by atoms with Crippen LogP contribution in [0, 0.1) is 0 Å². The lowest BCUT2D eigenvalue weighted by Crippen LogP contribution is -2.13. The van der Waals surface area contributed by atoms with Crippen LogP contribution >= 0.6 is 15.9 Å². The maximum atomic E-state index is 9.56. The van der Waals surface area contributed by atoms with E-state index in [0.717, 1.165) is 0 Å². The number of ether oxygens (including phenoxy) is 1. The number of halogens is 1. The fraction of sp³-hybridized carbons (Fsp3) is 0.375. The number of nitrogens with two attached hydrogens (primary N) is 1. The largest absolute Gasteiger partial charge is 0.495 e. The Kier molecular flexibility index (Phi) is 3.65. The van der Waals surface area contributed by atoms with Gasteiger partial charge in [0, 0.05) is 22.8 Å². The zero-order valence-corrected chi connectivity index (χ0v) is 8.78. The standard InChI is InChI=1S/C8H11BrN2O2/c1-13-7-4-11-3-5(9)8(7)6(12)2-10/h3-4,6,12H,2,10H2,1H3/t6-/m1/s1. The van der Waals surface area contributed by atoms with Crippen LogP contribution in [-0.2, 0) is 0 Å². The van der Waals surface area contributed by atoms with Crippen LogP contribution in [0.25, 0.3) is 0 Å². The van der Waals surface area contributed by atoms with E-state index in [-0.39, 0.29) is 6.54 Å². The fourth-order valence-corrected chi connectivity index (χ4v) is 1.61. The topological polar surface area (TPSA) is 68.4 Å². The van der Waals surface area contributed by atoms with Crippen molar-refractivity contribution in [2.24, 2.45) is 5.73 Å². The first kappa shape index (κ1) is 10.4. The monoisotopic (exact) mass is 246 g/mol. The summed E-state index contributed by atoms with van der Waals surface area (Å²) < 4.78 is 5.74. The molecule has 0 saturated carbocycles. The van der Waals surface area contributed by atoms with Gasteiger partial charge in [-0.25, -0.2) is 0 Å². The van der Waals surface area contributed by atoms with E-state index in [4.69, 9.17) is 10.5 Å². The Morgan fingerprint density at radius 3 is 2.92 bits per heavy atom. The smallest absolute Gasteiger partial charge is 0.144 e. The second-order valence-corrected chi connectivity index (χ2v) is 3.34. The Labute approximate surface area is 84.9 Å². The third kappa shape index (κ3) is 2.18. The number of aliphatic hydroxyl groups excluding tert-OH is 1. The second-order valence-electron chi connectivity index (χ2n) is 2.49. The predicted molar refractivity (Wildman–Crippen MR) is 52.5 cm³/mol. The zero-order valence-electron chi connectivity index (χ0n) is 7.20. The highest BCUT2D eigenvalue weighted by Crippen LogP contribution is 2.30. The molecular formula is C8H11BrN2O2. The van der Waals surface area contributed by atoms with Crippen molar-refractivity contribution in [2.45, 2.75) is 6.10 Å². The predicted octanol–water partition coefficient (Wildman–Crippen LogP) is 0.845. The quantitative estimate of drug-likeness (QED) is 0.830. The molecule has 0 aliphatic carbocycles. The average molecular weight is 247 g/mol. The molecular weight excluding hydrogens is 236 g/mol. The molecule has 0 radical (unpaired) electrons. The van der Waals surface area contributed by atoms with Crippen molar-refractivity contribution in [1.82, 2.24) is 4.98 Å². The van der Waals surface area contributed by atoms with Crippen LogP contribution in [0.1, 0.15) is 11.7 Å². The fourth-order valence-electron chi connectivity index (χ4n) is 1.03. The van der Waals surface area contributed by atoms with Crippen molar-refractivity contribution in [3.63, 3.8) is 0 Å². The van der Waals surface area contributed by atoms with Gasteiger partial charge >= 0.3 is 0 Å². The molecule has 0 amide bonds. The molecule has 1 heterocycles. The summed E-state index contributed by atoms with van der Waals surface area (Å²) in [6.45, 7) is 0.152. The van der Waals surface area contributed by atoms with Gasteiger partial charge in [0.15, 0.2) is 0 Å². The molecule has 72 valence electrons. The first-order chi connectivity index (χ1) is 6.20. The van der Waals surface area contributed by atoms with Gasteiger partial charge in [0.1, 0.15) is 5.75 Å². The number of rotatable bonds is 3. The first-order valence-electron chi connectivity index (χ1n) is 3.76. The minimum absolute atomic E-state index is 0.152. The van der Waals surface area contributed by atoms with Crippen LogP contribution in [0.2, 0.25) is 0 Å². The summed E-state index contributed by atoms with van der Waals surface area (Å²) in [5, 5.41) is 9.56. The summed E-state index contributed by atoms with van der Waals surface area (Å²) in [6.07, 6.45) is 2.41. The summed E-state index contributed by atoms with van der Waals surface area (Å²) in [5.41, 5.74) is 5.99. The molecule has 0 spiro atoms. The number of pyridine rings is 1. The highest BCUT2D eigenvalue weighted by atomic mass is 79.9. The number of hydrogen-bond acceptors (Lipinski definition) is 4. The molecule has 13 heavy (non-hydrogen) atoms. The van der Waals surface area contributed by atoms with Crippen molar-refractivity contribution in [1.29, 1.82) is 0 Å². The lowest BCUT2D eigenvalue weighted by molar-refractivity contribution is 0.181. The highest BCUT2D eigenvalue weighted by molar-refractivity contribution is 9.10. The lowest BCUT2D eigenvalue weighted by Gasteiger charge is -2.13. The Hall–Kier alpha value is -0.650. The molecule has 3 N–H and O–H groups in total. The molecule has 0 saturated heterocycles. The molecule has 4 nitrogen and oxygen atoms in total. The average Bonchev–Trinajstić information content (AvgIpc) is 2.16. The van der Waals surface area contributed by atoms with Gasteiger partial charge in [-0.15, -0.1) is 0 Å².